The van der Waals surface area contributed by atoms with Gasteiger partial charge in [0.05, 0.1) is 11.1 Å². The molecule has 8 aromatic carbocycles. The van der Waals surface area contributed by atoms with Crippen molar-refractivity contribution in [2.75, 3.05) is 4.90 Å². The molecule has 0 radical (unpaired) electrons. The van der Waals surface area contributed by atoms with Crippen molar-refractivity contribution in [3.05, 3.63) is 232 Å². The van der Waals surface area contributed by atoms with Gasteiger partial charge in [0.25, 0.3) is 0 Å². The van der Waals surface area contributed by atoms with Gasteiger partial charge in [0.2, 0.25) is 0 Å². The van der Waals surface area contributed by atoms with Crippen molar-refractivity contribution in [2.45, 2.75) is 89.4 Å². The number of rotatable bonds is 7. The van der Waals surface area contributed by atoms with Gasteiger partial charge in [-0.2, -0.15) is 0 Å². The smallest absolute Gasteiger partial charge is 0.0714 e. The molecule has 3 aliphatic rings. The fourth-order valence-corrected chi connectivity index (χ4v) is 11.9. The number of hydrogen-bond donors (Lipinski definition) is 0. The first kappa shape index (κ1) is 39.4. The largest absolute Gasteiger partial charge is 0.310 e. The summed E-state index contributed by atoms with van der Waals surface area (Å²) in [4.78, 5) is 2.66. The lowest BCUT2D eigenvalue weighted by molar-refractivity contribution is 0.332. The molecule has 0 N–H and O–H groups in total. The van der Waals surface area contributed by atoms with Crippen LogP contribution in [0.1, 0.15) is 103 Å². The van der Waals surface area contributed by atoms with Crippen LogP contribution in [0.2, 0.25) is 0 Å². The molecule has 8 aromatic rings. The summed E-state index contributed by atoms with van der Waals surface area (Å²) in [5.41, 5.74) is 23.6. The van der Waals surface area contributed by atoms with Crippen molar-refractivity contribution in [3.8, 4) is 33.4 Å². The number of fused-ring (bicyclic) bond motifs is 5. The molecule has 11 rings (SSSR count). The fraction of sp³-hybridized carbons (Fsp3) is 0.226. The molecule has 0 spiro atoms. The second-order valence-electron chi connectivity index (χ2n) is 19.8. The molecule has 1 heteroatoms. The summed E-state index contributed by atoms with van der Waals surface area (Å²) in [6, 6.07) is 69.3. The van der Waals surface area contributed by atoms with Crippen LogP contribution >= 0.6 is 0 Å². The normalized spacial score (nSPS) is 16.3. The van der Waals surface area contributed by atoms with Crippen LogP contribution in [0.25, 0.3) is 33.4 Å². The molecular formula is C62H57N. The molecule has 0 saturated heterocycles. The zero-order valence-electron chi connectivity index (χ0n) is 37.5. The molecule has 0 aliphatic heterocycles. The molecule has 0 saturated carbocycles. The Hall–Kier alpha value is -6.44. The molecular weight excluding hydrogens is 759 g/mol. The number of nitrogens with zero attached hydrogens (tertiary/aromatic N) is 1. The van der Waals surface area contributed by atoms with Gasteiger partial charge in [-0.25, -0.2) is 0 Å². The average molecular weight is 816 g/mol. The van der Waals surface area contributed by atoms with E-state index in [4.69, 9.17) is 0 Å². The van der Waals surface area contributed by atoms with Crippen LogP contribution in [0.4, 0.5) is 17.1 Å². The lowest BCUT2D eigenvalue weighted by atomic mass is 9.61. The average Bonchev–Trinajstić information content (AvgIpc) is 3.61. The van der Waals surface area contributed by atoms with Gasteiger partial charge < -0.3 is 4.90 Å². The van der Waals surface area contributed by atoms with E-state index in [0.29, 0.717) is 0 Å². The monoisotopic (exact) mass is 815 g/mol. The molecule has 0 fully saturated rings. The minimum absolute atomic E-state index is 0.00763. The lowest BCUT2D eigenvalue weighted by Gasteiger charge is -2.44. The maximum atomic E-state index is 2.66. The quantitative estimate of drug-likeness (QED) is 0.155. The minimum Gasteiger partial charge on any atom is -0.310 e. The first-order valence-electron chi connectivity index (χ1n) is 23.3. The summed E-state index contributed by atoms with van der Waals surface area (Å²) >= 11 is 0. The number of benzene rings is 8. The SMILES string of the molecule is Cc1ccc2c(c1-c1cc3c(cc1N(c1ccc(-c4ccccc4)cc1)c1cccc4c1CCCC4)C(c1ccccc1)(c1ccccc1)c1ccccc1-3)C(C)(C)CCC2(C)C. The summed E-state index contributed by atoms with van der Waals surface area (Å²) in [5, 5.41) is 0. The van der Waals surface area contributed by atoms with Crippen molar-refractivity contribution >= 4 is 17.1 Å². The maximum absolute atomic E-state index is 2.66. The van der Waals surface area contributed by atoms with E-state index in [9.17, 15) is 0 Å². The molecule has 0 atom stereocenters. The predicted octanol–water partition coefficient (Wildman–Crippen LogP) is 16.4. The van der Waals surface area contributed by atoms with Crippen LogP contribution in [0.15, 0.2) is 182 Å². The van der Waals surface area contributed by atoms with Crippen LogP contribution in [0, 0.1) is 6.92 Å². The van der Waals surface area contributed by atoms with Gasteiger partial charge in [0.15, 0.2) is 0 Å². The molecule has 3 aliphatic carbocycles. The molecule has 1 nitrogen and oxygen atoms in total. The Labute approximate surface area is 375 Å². The van der Waals surface area contributed by atoms with Gasteiger partial charge >= 0.3 is 0 Å². The standard InChI is InChI=1S/C62H57N/c1-42-32-37-54-59(61(4,5)39-38-60(54,2)3)58(42)52-40-51-50-29-17-18-30-53(50)62(46-24-11-7-12-25-46,47-26-13-8-14-27-47)55(51)41-57(52)63(56-31-19-23-45-22-15-16-28-49(45)56)48-35-33-44(34-36-48)43-20-9-6-10-21-43/h6-14,17-21,23-27,29-37,40-41H,15-16,22,28,38-39H2,1-5H3. The van der Waals surface area contributed by atoms with Crippen LogP contribution in [-0.2, 0) is 29.1 Å². The van der Waals surface area contributed by atoms with Gasteiger partial charge in [-0.05, 0) is 164 Å². The molecule has 0 unspecified atom stereocenters. The van der Waals surface area contributed by atoms with E-state index >= 15 is 0 Å². The highest BCUT2D eigenvalue weighted by atomic mass is 15.1. The van der Waals surface area contributed by atoms with E-state index in [-0.39, 0.29) is 10.8 Å². The summed E-state index contributed by atoms with van der Waals surface area (Å²) in [6.45, 7) is 12.3. The third-order valence-corrected chi connectivity index (χ3v) is 15.1. The van der Waals surface area contributed by atoms with Gasteiger partial charge in [0, 0.05) is 16.9 Å². The zero-order chi connectivity index (χ0) is 42.9. The summed E-state index contributed by atoms with van der Waals surface area (Å²) < 4.78 is 0. The Morgan fingerprint density at radius 1 is 0.444 bits per heavy atom. The van der Waals surface area contributed by atoms with E-state index in [1.807, 2.05) is 0 Å². The molecule has 63 heavy (non-hydrogen) atoms. The Morgan fingerprint density at radius 2 is 1.06 bits per heavy atom. The Balaban J connectivity index is 1.30. The highest BCUT2D eigenvalue weighted by Crippen LogP contribution is 2.60. The van der Waals surface area contributed by atoms with Gasteiger partial charge in [-0.3, -0.25) is 0 Å². The highest BCUT2D eigenvalue weighted by Gasteiger charge is 2.48. The van der Waals surface area contributed by atoms with E-state index < -0.39 is 5.41 Å². The van der Waals surface area contributed by atoms with Gasteiger partial charge in [0.1, 0.15) is 0 Å². The number of hydrogen-bond acceptors (Lipinski definition) is 1. The zero-order valence-corrected chi connectivity index (χ0v) is 37.5. The Bertz CT molecular complexity index is 2950. The van der Waals surface area contributed by atoms with Gasteiger partial charge in [-0.15, -0.1) is 0 Å². The van der Waals surface area contributed by atoms with Crippen LogP contribution in [0.5, 0.6) is 0 Å². The van der Waals surface area contributed by atoms with Crippen molar-refractivity contribution in [3.63, 3.8) is 0 Å². The molecule has 0 aromatic heterocycles. The van der Waals surface area contributed by atoms with E-state index in [1.54, 1.807) is 0 Å². The molecule has 0 amide bonds. The molecule has 310 valence electrons. The van der Waals surface area contributed by atoms with Gasteiger partial charge in [-0.1, -0.05) is 179 Å². The second kappa shape index (κ2) is 15.1. The summed E-state index contributed by atoms with van der Waals surface area (Å²) in [6.07, 6.45) is 6.96. The first-order valence-corrected chi connectivity index (χ1v) is 23.3. The van der Waals surface area contributed by atoms with E-state index in [2.05, 4.69) is 222 Å². The maximum Gasteiger partial charge on any atom is 0.0714 e. The summed E-state index contributed by atoms with van der Waals surface area (Å²) in [7, 11) is 0. The number of anilines is 3. The van der Waals surface area contributed by atoms with Crippen LogP contribution < -0.4 is 4.90 Å². The highest BCUT2D eigenvalue weighted by molar-refractivity contribution is 5.98. The third kappa shape index (κ3) is 6.26. The minimum atomic E-state index is -0.535. The third-order valence-electron chi connectivity index (χ3n) is 15.1. The Morgan fingerprint density at radius 3 is 1.78 bits per heavy atom. The van der Waals surface area contributed by atoms with Crippen molar-refractivity contribution in [1.29, 1.82) is 0 Å². The topological polar surface area (TPSA) is 3.24 Å². The summed E-state index contributed by atoms with van der Waals surface area (Å²) in [5.74, 6) is 0. The fourth-order valence-electron chi connectivity index (χ4n) is 11.9. The Kier molecular flexibility index (Phi) is 9.46. The molecule has 0 heterocycles. The lowest BCUT2D eigenvalue weighted by Crippen LogP contribution is -2.34. The first-order chi connectivity index (χ1) is 30.7. The van der Waals surface area contributed by atoms with E-state index in [1.165, 1.54) is 120 Å². The van der Waals surface area contributed by atoms with E-state index in [0.717, 1.165) is 19.3 Å². The van der Waals surface area contributed by atoms with Crippen molar-refractivity contribution in [2.24, 2.45) is 0 Å². The van der Waals surface area contributed by atoms with Crippen LogP contribution in [0.3, 0.4) is 0 Å². The van der Waals surface area contributed by atoms with Crippen molar-refractivity contribution < 1.29 is 0 Å². The second-order valence-corrected chi connectivity index (χ2v) is 19.8. The van der Waals surface area contributed by atoms with Crippen LogP contribution in [-0.4, -0.2) is 0 Å². The predicted molar refractivity (Wildman–Crippen MR) is 266 cm³/mol. The molecule has 0 bridgehead atoms. The number of aryl methyl sites for hydroxylation is 2. The van der Waals surface area contributed by atoms with Crippen molar-refractivity contribution in [1.82, 2.24) is 0 Å².